The van der Waals surface area contributed by atoms with E-state index in [1.807, 2.05) is 26.0 Å². The molecule has 142 valence electrons. The highest BCUT2D eigenvalue weighted by molar-refractivity contribution is 5.76. The third-order valence-corrected chi connectivity index (χ3v) is 5.16. The van der Waals surface area contributed by atoms with Gasteiger partial charge in [-0.25, -0.2) is 4.98 Å². The average molecular weight is 368 g/mol. The number of fused-ring (bicyclic) bond motifs is 1. The second kappa shape index (κ2) is 7.38. The van der Waals surface area contributed by atoms with Gasteiger partial charge in [0, 0.05) is 43.5 Å². The van der Waals surface area contributed by atoms with E-state index in [4.69, 9.17) is 4.42 Å². The molecule has 8 nitrogen and oxygen atoms in total. The molecule has 0 saturated carbocycles. The SMILES string of the molecule is Cc1n[nH]c(C)c1CNC(=O)CC1CCCN(c2nc3ncccc3o2)C1. The van der Waals surface area contributed by atoms with Crippen LogP contribution in [0, 0.1) is 19.8 Å². The quantitative estimate of drug-likeness (QED) is 0.718. The number of hydrogen-bond acceptors (Lipinski definition) is 6. The summed E-state index contributed by atoms with van der Waals surface area (Å²) in [6, 6.07) is 4.30. The van der Waals surface area contributed by atoms with Crippen molar-refractivity contribution in [3.05, 3.63) is 35.3 Å². The first-order chi connectivity index (χ1) is 13.1. The zero-order valence-corrected chi connectivity index (χ0v) is 15.7. The summed E-state index contributed by atoms with van der Waals surface area (Å²) in [6.45, 7) is 6.08. The molecule has 8 heteroatoms. The molecular formula is C19H24N6O2. The minimum atomic E-state index is 0.0704. The van der Waals surface area contributed by atoms with E-state index in [1.165, 1.54) is 0 Å². The minimum absolute atomic E-state index is 0.0704. The maximum Gasteiger partial charge on any atom is 0.299 e. The van der Waals surface area contributed by atoms with Crippen LogP contribution in [0.1, 0.15) is 36.2 Å². The van der Waals surface area contributed by atoms with Crippen molar-refractivity contribution < 1.29 is 9.21 Å². The number of piperidine rings is 1. The van der Waals surface area contributed by atoms with Gasteiger partial charge in [-0.2, -0.15) is 10.1 Å². The van der Waals surface area contributed by atoms with Crippen LogP contribution in [0.2, 0.25) is 0 Å². The van der Waals surface area contributed by atoms with Crippen molar-refractivity contribution in [2.75, 3.05) is 18.0 Å². The predicted molar refractivity (Wildman–Crippen MR) is 101 cm³/mol. The number of anilines is 1. The number of aromatic amines is 1. The number of nitrogens with zero attached hydrogens (tertiary/aromatic N) is 4. The standard InChI is InChI=1S/C19H24N6O2/c1-12-15(13(2)24-23-12)10-21-17(26)9-14-5-4-8-25(11-14)19-22-18-16(27-19)6-3-7-20-18/h3,6-7,14H,4-5,8-11H2,1-2H3,(H,21,26)(H,23,24). The van der Waals surface area contributed by atoms with E-state index in [2.05, 4.69) is 30.4 Å². The molecule has 2 N–H and O–H groups in total. The molecule has 0 aliphatic carbocycles. The Balaban J connectivity index is 1.34. The van der Waals surface area contributed by atoms with Crippen LogP contribution in [0.4, 0.5) is 6.01 Å². The molecule has 1 saturated heterocycles. The van der Waals surface area contributed by atoms with Crippen LogP contribution in [0.25, 0.3) is 11.2 Å². The Bertz CT molecular complexity index is 894. The molecule has 0 radical (unpaired) electrons. The van der Waals surface area contributed by atoms with Gasteiger partial charge in [-0.1, -0.05) is 0 Å². The Morgan fingerprint density at radius 1 is 1.44 bits per heavy atom. The first-order valence-corrected chi connectivity index (χ1v) is 9.34. The maximum atomic E-state index is 12.4. The van der Waals surface area contributed by atoms with Crippen LogP contribution in [0.5, 0.6) is 0 Å². The number of pyridine rings is 1. The molecule has 1 aliphatic heterocycles. The molecule has 1 unspecified atom stereocenters. The van der Waals surface area contributed by atoms with Gasteiger partial charge in [-0.15, -0.1) is 0 Å². The summed E-state index contributed by atoms with van der Waals surface area (Å²) in [5.41, 5.74) is 4.31. The van der Waals surface area contributed by atoms with Crippen molar-refractivity contribution in [3.8, 4) is 0 Å². The Hall–Kier alpha value is -2.90. The van der Waals surface area contributed by atoms with Gasteiger partial charge in [0.05, 0.1) is 5.69 Å². The highest BCUT2D eigenvalue weighted by Gasteiger charge is 2.25. The van der Waals surface area contributed by atoms with Crippen LogP contribution in [0.3, 0.4) is 0 Å². The van der Waals surface area contributed by atoms with Crippen LogP contribution < -0.4 is 10.2 Å². The van der Waals surface area contributed by atoms with Gasteiger partial charge in [0.15, 0.2) is 5.58 Å². The van der Waals surface area contributed by atoms with E-state index in [-0.39, 0.29) is 11.8 Å². The summed E-state index contributed by atoms with van der Waals surface area (Å²) in [5, 5.41) is 10.1. The summed E-state index contributed by atoms with van der Waals surface area (Å²) in [7, 11) is 0. The van der Waals surface area contributed by atoms with E-state index in [0.717, 1.165) is 42.9 Å². The molecule has 1 fully saturated rings. The fourth-order valence-corrected chi connectivity index (χ4v) is 3.65. The number of carbonyl (C=O) groups is 1. The minimum Gasteiger partial charge on any atom is -0.422 e. The van der Waals surface area contributed by atoms with E-state index >= 15 is 0 Å². The smallest absolute Gasteiger partial charge is 0.299 e. The van der Waals surface area contributed by atoms with E-state index < -0.39 is 0 Å². The molecule has 4 heterocycles. The number of aromatic nitrogens is 4. The largest absolute Gasteiger partial charge is 0.422 e. The van der Waals surface area contributed by atoms with E-state index in [9.17, 15) is 4.79 Å². The molecule has 1 aliphatic rings. The first kappa shape index (κ1) is 17.5. The lowest BCUT2D eigenvalue weighted by Crippen LogP contribution is -2.38. The summed E-state index contributed by atoms with van der Waals surface area (Å²) < 4.78 is 5.82. The lowest BCUT2D eigenvalue weighted by Gasteiger charge is -2.31. The number of amides is 1. The number of nitrogens with one attached hydrogen (secondary N) is 2. The lowest BCUT2D eigenvalue weighted by molar-refractivity contribution is -0.122. The first-order valence-electron chi connectivity index (χ1n) is 9.34. The fourth-order valence-electron chi connectivity index (χ4n) is 3.65. The average Bonchev–Trinajstić information content (AvgIpc) is 3.24. The molecule has 3 aromatic heterocycles. The van der Waals surface area contributed by atoms with E-state index in [1.54, 1.807) is 6.20 Å². The van der Waals surface area contributed by atoms with Crippen LogP contribution >= 0.6 is 0 Å². The summed E-state index contributed by atoms with van der Waals surface area (Å²) in [5.74, 6) is 0.356. The summed E-state index contributed by atoms with van der Waals surface area (Å²) in [6.07, 6.45) is 4.27. The van der Waals surface area contributed by atoms with Crippen LogP contribution in [-0.2, 0) is 11.3 Å². The Kier molecular flexibility index (Phi) is 4.79. The highest BCUT2D eigenvalue weighted by Crippen LogP contribution is 2.26. The van der Waals surface area contributed by atoms with Gasteiger partial charge in [0.2, 0.25) is 11.6 Å². The van der Waals surface area contributed by atoms with Crippen molar-refractivity contribution in [1.82, 2.24) is 25.5 Å². The Labute approximate surface area is 157 Å². The fraction of sp³-hybridized carbons (Fsp3) is 0.474. The van der Waals surface area contributed by atoms with Gasteiger partial charge in [-0.05, 0) is 44.7 Å². The predicted octanol–water partition coefficient (Wildman–Crippen LogP) is 2.49. The third kappa shape index (κ3) is 3.79. The summed E-state index contributed by atoms with van der Waals surface area (Å²) >= 11 is 0. The molecule has 1 amide bonds. The molecule has 4 rings (SSSR count). The van der Waals surface area contributed by atoms with E-state index in [0.29, 0.717) is 30.2 Å². The topological polar surface area (TPSA) is 99.9 Å². The lowest BCUT2D eigenvalue weighted by atomic mass is 9.94. The number of oxazole rings is 1. The summed E-state index contributed by atoms with van der Waals surface area (Å²) in [4.78, 5) is 23.2. The zero-order valence-electron chi connectivity index (χ0n) is 15.7. The molecule has 1 atom stereocenters. The van der Waals surface area contributed by atoms with Crippen molar-refractivity contribution in [2.45, 2.75) is 39.7 Å². The second-order valence-corrected chi connectivity index (χ2v) is 7.17. The highest BCUT2D eigenvalue weighted by atomic mass is 16.4. The van der Waals surface area contributed by atoms with Gasteiger partial charge in [0.1, 0.15) is 0 Å². The normalized spacial score (nSPS) is 17.4. The number of carbonyl (C=O) groups excluding carboxylic acids is 1. The second-order valence-electron chi connectivity index (χ2n) is 7.17. The third-order valence-electron chi connectivity index (χ3n) is 5.16. The number of H-pyrrole nitrogens is 1. The molecule has 0 aromatic carbocycles. The Morgan fingerprint density at radius 3 is 3.11 bits per heavy atom. The number of rotatable bonds is 5. The van der Waals surface area contributed by atoms with Crippen LogP contribution in [0.15, 0.2) is 22.7 Å². The van der Waals surface area contributed by atoms with Gasteiger partial charge in [-0.3, -0.25) is 9.89 Å². The number of hydrogen-bond donors (Lipinski definition) is 2. The van der Waals surface area contributed by atoms with Gasteiger partial charge >= 0.3 is 0 Å². The van der Waals surface area contributed by atoms with Crippen molar-refractivity contribution >= 4 is 23.2 Å². The molecule has 3 aromatic rings. The number of aryl methyl sites for hydroxylation is 2. The molecular weight excluding hydrogens is 344 g/mol. The Morgan fingerprint density at radius 2 is 2.33 bits per heavy atom. The van der Waals surface area contributed by atoms with Crippen LogP contribution in [-0.4, -0.2) is 39.2 Å². The molecule has 0 bridgehead atoms. The van der Waals surface area contributed by atoms with Crippen molar-refractivity contribution in [3.63, 3.8) is 0 Å². The zero-order chi connectivity index (χ0) is 18.8. The maximum absolute atomic E-state index is 12.4. The molecule has 0 spiro atoms. The van der Waals surface area contributed by atoms with Crippen molar-refractivity contribution in [1.29, 1.82) is 0 Å². The van der Waals surface area contributed by atoms with Gasteiger partial charge < -0.3 is 14.6 Å². The van der Waals surface area contributed by atoms with Crippen molar-refractivity contribution in [2.24, 2.45) is 5.92 Å². The monoisotopic (exact) mass is 368 g/mol. The van der Waals surface area contributed by atoms with Gasteiger partial charge in [0.25, 0.3) is 6.01 Å². The molecule has 27 heavy (non-hydrogen) atoms.